The molecule has 0 saturated carbocycles. The van der Waals surface area contributed by atoms with E-state index in [1.54, 1.807) is 0 Å². The molecule has 0 saturated heterocycles. The van der Waals surface area contributed by atoms with Crippen molar-refractivity contribution in [2.75, 3.05) is 11.4 Å². The SMILES string of the molecule is Cc1cnc(N(CCC(=N)N)C(C)C)c(Br)c1. The maximum absolute atomic E-state index is 7.30. The zero-order valence-corrected chi connectivity index (χ0v) is 12.1. The van der Waals surface area contributed by atoms with Crippen molar-refractivity contribution < 1.29 is 0 Å². The average Bonchev–Trinajstić information content (AvgIpc) is 2.20. The lowest BCUT2D eigenvalue weighted by atomic mass is 10.2. The van der Waals surface area contributed by atoms with Gasteiger partial charge >= 0.3 is 0 Å². The average molecular weight is 299 g/mol. The Morgan fingerprint density at radius 2 is 2.24 bits per heavy atom. The van der Waals surface area contributed by atoms with Crippen LogP contribution in [0.2, 0.25) is 0 Å². The van der Waals surface area contributed by atoms with Crippen molar-refractivity contribution in [1.29, 1.82) is 5.41 Å². The number of nitrogens with zero attached hydrogens (tertiary/aromatic N) is 2. The molecule has 0 spiro atoms. The molecule has 0 aromatic carbocycles. The molecule has 1 aromatic rings. The van der Waals surface area contributed by atoms with Crippen molar-refractivity contribution in [1.82, 2.24) is 4.98 Å². The van der Waals surface area contributed by atoms with E-state index in [9.17, 15) is 0 Å². The van der Waals surface area contributed by atoms with Gasteiger partial charge in [-0.2, -0.15) is 0 Å². The minimum absolute atomic E-state index is 0.207. The molecule has 17 heavy (non-hydrogen) atoms. The predicted molar refractivity (Wildman–Crippen MR) is 75.7 cm³/mol. The van der Waals surface area contributed by atoms with Gasteiger partial charge in [0.05, 0.1) is 10.3 Å². The largest absolute Gasteiger partial charge is 0.388 e. The summed E-state index contributed by atoms with van der Waals surface area (Å²) in [5.41, 5.74) is 6.53. The van der Waals surface area contributed by atoms with Crippen LogP contribution in [0.4, 0.5) is 5.82 Å². The minimum Gasteiger partial charge on any atom is -0.388 e. The van der Waals surface area contributed by atoms with Crippen LogP contribution in [0.3, 0.4) is 0 Å². The molecule has 94 valence electrons. The van der Waals surface area contributed by atoms with E-state index in [0.29, 0.717) is 19.0 Å². The maximum atomic E-state index is 7.30. The summed E-state index contributed by atoms with van der Waals surface area (Å²) in [6, 6.07) is 2.37. The fraction of sp³-hybridized carbons (Fsp3) is 0.500. The van der Waals surface area contributed by atoms with Crippen LogP contribution in [-0.4, -0.2) is 23.4 Å². The molecule has 0 aliphatic rings. The molecule has 0 unspecified atom stereocenters. The van der Waals surface area contributed by atoms with Crippen LogP contribution in [0, 0.1) is 12.3 Å². The lowest BCUT2D eigenvalue weighted by Gasteiger charge is -2.28. The van der Waals surface area contributed by atoms with Gasteiger partial charge in [-0.15, -0.1) is 0 Å². The first-order valence-corrected chi connectivity index (χ1v) is 6.42. The summed E-state index contributed by atoms with van der Waals surface area (Å²) in [6.07, 6.45) is 2.41. The second-order valence-corrected chi connectivity index (χ2v) is 5.23. The van der Waals surface area contributed by atoms with Crippen LogP contribution in [0.5, 0.6) is 0 Å². The first-order valence-electron chi connectivity index (χ1n) is 5.63. The van der Waals surface area contributed by atoms with E-state index >= 15 is 0 Å². The first-order chi connectivity index (χ1) is 7.91. The molecule has 3 N–H and O–H groups in total. The van der Waals surface area contributed by atoms with Crippen LogP contribution in [-0.2, 0) is 0 Å². The molecule has 0 fully saturated rings. The molecule has 1 rings (SSSR count). The third-order valence-corrected chi connectivity index (χ3v) is 3.06. The molecule has 1 aromatic heterocycles. The van der Waals surface area contributed by atoms with E-state index in [2.05, 4.69) is 39.7 Å². The number of anilines is 1. The molecule has 5 heteroatoms. The number of halogens is 1. The van der Waals surface area contributed by atoms with E-state index < -0.39 is 0 Å². The second kappa shape index (κ2) is 6.00. The number of hydrogen-bond acceptors (Lipinski definition) is 3. The molecule has 0 bridgehead atoms. The summed E-state index contributed by atoms with van der Waals surface area (Å²) in [4.78, 5) is 6.59. The molecule has 4 nitrogen and oxygen atoms in total. The highest BCUT2D eigenvalue weighted by Gasteiger charge is 2.15. The summed E-state index contributed by atoms with van der Waals surface area (Å²) >= 11 is 3.53. The third kappa shape index (κ3) is 4.00. The van der Waals surface area contributed by atoms with Crippen LogP contribution < -0.4 is 10.6 Å². The normalized spacial score (nSPS) is 10.6. The van der Waals surface area contributed by atoms with Gasteiger partial charge in [0, 0.05) is 25.2 Å². The van der Waals surface area contributed by atoms with Crippen molar-refractivity contribution in [2.45, 2.75) is 33.2 Å². The summed E-state index contributed by atoms with van der Waals surface area (Å²) in [5.74, 6) is 1.12. The Labute approximate surface area is 111 Å². The lowest BCUT2D eigenvalue weighted by Crippen LogP contribution is -2.34. The van der Waals surface area contributed by atoms with E-state index in [-0.39, 0.29) is 5.84 Å². The molecule has 0 amide bonds. The second-order valence-electron chi connectivity index (χ2n) is 4.38. The lowest BCUT2D eigenvalue weighted by molar-refractivity contribution is 0.677. The van der Waals surface area contributed by atoms with Gasteiger partial charge in [0.1, 0.15) is 5.82 Å². The maximum Gasteiger partial charge on any atom is 0.143 e. The zero-order valence-electron chi connectivity index (χ0n) is 10.5. The highest BCUT2D eigenvalue weighted by atomic mass is 79.9. The fourth-order valence-electron chi connectivity index (χ4n) is 1.59. The number of rotatable bonds is 5. The molecule has 1 heterocycles. The number of amidine groups is 1. The molecular formula is C12H19BrN4. The Bertz CT molecular complexity index is 403. The Morgan fingerprint density at radius 1 is 1.59 bits per heavy atom. The van der Waals surface area contributed by atoms with Crippen molar-refractivity contribution in [2.24, 2.45) is 5.73 Å². The Hall–Kier alpha value is -1.10. The topological polar surface area (TPSA) is 66.0 Å². The van der Waals surface area contributed by atoms with Crippen LogP contribution in [0.15, 0.2) is 16.7 Å². The first kappa shape index (κ1) is 14.0. The molecule has 0 aliphatic heterocycles. The van der Waals surface area contributed by atoms with Crippen LogP contribution >= 0.6 is 15.9 Å². The fourth-order valence-corrected chi connectivity index (χ4v) is 2.28. The smallest absolute Gasteiger partial charge is 0.143 e. The summed E-state index contributed by atoms with van der Waals surface area (Å²) in [7, 11) is 0. The highest BCUT2D eigenvalue weighted by Crippen LogP contribution is 2.26. The predicted octanol–water partition coefficient (Wildman–Crippen LogP) is 2.69. The molecule has 0 atom stereocenters. The van der Waals surface area contributed by atoms with Gasteiger partial charge in [0.25, 0.3) is 0 Å². The highest BCUT2D eigenvalue weighted by molar-refractivity contribution is 9.10. The summed E-state index contributed by atoms with van der Waals surface area (Å²) in [6.45, 7) is 6.93. The number of pyridine rings is 1. The van der Waals surface area contributed by atoms with E-state index in [0.717, 1.165) is 15.9 Å². The van der Waals surface area contributed by atoms with E-state index in [1.165, 1.54) is 0 Å². The third-order valence-electron chi connectivity index (χ3n) is 2.48. The van der Waals surface area contributed by atoms with Crippen LogP contribution in [0.25, 0.3) is 0 Å². The summed E-state index contributed by atoms with van der Waals surface area (Å²) in [5, 5.41) is 7.30. The number of aromatic nitrogens is 1. The zero-order chi connectivity index (χ0) is 13.0. The van der Waals surface area contributed by atoms with Crippen molar-refractivity contribution in [3.8, 4) is 0 Å². The quantitative estimate of drug-likeness (QED) is 0.649. The minimum atomic E-state index is 0.207. The number of hydrogen-bond donors (Lipinski definition) is 2. The molecular weight excluding hydrogens is 280 g/mol. The standard InChI is InChI=1S/C12H19BrN4/c1-8(2)17(5-4-11(14)15)12-10(13)6-9(3)7-16-12/h6-8H,4-5H2,1-3H3,(H3,14,15). The van der Waals surface area contributed by atoms with Crippen molar-refractivity contribution >= 4 is 27.6 Å². The van der Waals surface area contributed by atoms with Crippen molar-refractivity contribution in [3.05, 3.63) is 22.3 Å². The number of nitrogens with one attached hydrogen (secondary N) is 1. The van der Waals surface area contributed by atoms with Gasteiger partial charge in [0.2, 0.25) is 0 Å². The number of nitrogens with two attached hydrogens (primary N) is 1. The Morgan fingerprint density at radius 3 is 2.71 bits per heavy atom. The van der Waals surface area contributed by atoms with Crippen molar-refractivity contribution in [3.63, 3.8) is 0 Å². The number of aryl methyl sites for hydroxylation is 1. The monoisotopic (exact) mass is 298 g/mol. The summed E-state index contributed by atoms with van der Waals surface area (Å²) < 4.78 is 0.981. The van der Waals surface area contributed by atoms with Crippen LogP contribution in [0.1, 0.15) is 25.8 Å². The van der Waals surface area contributed by atoms with Gasteiger partial charge in [-0.25, -0.2) is 4.98 Å². The Balaban J connectivity index is 2.93. The van der Waals surface area contributed by atoms with Gasteiger partial charge in [0.15, 0.2) is 0 Å². The molecule has 0 radical (unpaired) electrons. The van der Waals surface area contributed by atoms with E-state index in [4.69, 9.17) is 11.1 Å². The van der Waals surface area contributed by atoms with Gasteiger partial charge < -0.3 is 10.6 Å². The van der Waals surface area contributed by atoms with Gasteiger partial charge in [-0.1, -0.05) is 0 Å². The molecule has 0 aliphatic carbocycles. The Kier molecular flexibility index (Phi) is 4.93. The van der Waals surface area contributed by atoms with E-state index in [1.807, 2.05) is 19.2 Å². The van der Waals surface area contributed by atoms with Gasteiger partial charge in [-0.05, 0) is 48.3 Å². The van der Waals surface area contributed by atoms with Gasteiger partial charge in [-0.3, -0.25) is 5.41 Å².